The van der Waals surface area contributed by atoms with Crippen molar-refractivity contribution >= 4 is 17.3 Å². The molecular formula is C9H7ClFNO. The van der Waals surface area contributed by atoms with E-state index < -0.39 is 5.82 Å². The van der Waals surface area contributed by atoms with Crippen LogP contribution in [0.4, 0.5) is 10.1 Å². The molecule has 1 N–H and O–H groups in total. The second-order valence-electron chi connectivity index (χ2n) is 2.44. The van der Waals surface area contributed by atoms with Crippen molar-refractivity contribution in [2.45, 2.75) is 6.42 Å². The van der Waals surface area contributed by atoms with Gasteiger partial charge in [-0.15, -0.1) is 0 Å². The van der Waals surface area contributed by atoms with Crippen LogP contribution in [0.3, 0.4) is 0 Å². The van der Waals surface area contributed by atoms with Gasteiger partial charge >= 0.3 is 0 Å². The van der Waals surface area contributed by atoms with Gasteiger partial charge in [0.2, 0.25) is 5.69 Å². The number of nitrogens with zero attached hydrogens (tertiary/aromatic N) is 1. The lowest BCUT2D eigenvalue weighted by Gasteiger charge is -2.04. The molecule has 0 heterocycles. The Balaban J connectivity index is 3.23. The molecule has 0 atom stereocenters. The van der Waals surface area contributed by atoms with Crippen LogP contribution >= 0.6 is 11.6 Å². The van der Waals surface area contributed by atoms with E-state index in [1.807, 2.05) is 0 Å². The molecule has 1 aromatic carbocycles. The molecule has 0 aliphatic rings. The Kier molecular flexibility index (Phi) is 3.24. The van der Waals surface area contributed by atoms with Gasteiger partial charge in [-0.1, -0.05) is 17.7 Å². The van der Waals surface area contributed by atoms with Crippen LogP contribution in [0, 0.1) is 12.4 Å². The minimum atomic E-state index is -0.480. The molecule has 1 aromatic rings. The zero-order valence-corrected chi connectivity index (χ0v) is 7.48. The van der Waals surface area contributed by atoms with Gasteiger partial charge < -0.3 is 5.11 Å². The third-order valence-corrected chi connectivity index (χ3v) is 2.07. The monoisotopic (exact) mass is 199 g/mol. The minimum Gasteiger partial charge on any atom is -0.396 e. The topological polar surface area (TPSA) is 24.6 Å². The van der Waals surface area contributed by atoms with Crippen molar-refractivity contribution in [2.24, 2.45) is 0 Å². The predicted octanol–water partition coefficient (Wildman–Crippen LogP) is 2.56. The van der Waals surface area contributed by atoms with Gasteiger partial charge in [0.25, 0.3) is 0 Å². The molecule has 0 bridgehead atoms. The van der Waals surface area contributed by atoms with Crippen LogP contribution in [0.25, 0.3) is 4.85 Å². The zero-order valence-electron chi connectivity index (χ0n) is 6.72. The second-order valence-corrected chi connectivity index (χ2v) is 2.82. The quantitative estimate of drug-likeness (QED) is 0.728. The van der Waals surface area contributed by atoms with Gasteiger partial charge in [-0.3, -0.25) is 0 Å². The summed E-state index contributed by atoms with van der Waals surface area (Å²) >= 11 is 5.73. The number of rotatable bonds is 2. The predicted molar refractivity (Wildman–Crippen MR) is 48.5 cm³/mol. The first-order chi connectivity index (χ1) is 6.20. The van der Waals surface area contributed by atoms with Gasteiger partial charge in [-0.2, -0.15) is 0 Å². The van der Waals surface area contributed by atoms with Crippen LogP contribution in [0.15, 0.2) is 12.1 Å². The first-order valence-corrected chi connectivity index (χ1v) is 4.03. The summed E-state index contributed by atoms with van der Waals surface area (Å²) in [6.07, 6.45) is 0.133. The lowest BCUT2D eigenvalue weighted by Crippen LogP contribution is -1.95. The largest absolute Gasteiger partial charge is 0.396 e. The molecule has 0 spiro atoms. The maximum absolute atomic E-state index is 13.1. The Labute approximate surface area is 80.4 Å². The van der Waals surface area contributed by atoms with E-state index in [0.29, 0.717) is 0 Å². The van der Waals surface area contributed by atoms with Crippen molar-refractivity contribution in [3.63, 3.8) is 0 Å². The molecule has 0 fully saturated rings. The van der Waals surface area contributed by atoms with Gasteiger partial charge in [0, 0.05) is 6.61 Å². The zero-order chi connectivity index (χ0) is 9.84. The summed E-state index contributed by atoms with van der Waals surface area (Å²) in [6.45, 7) is 6.56. The highest BCUT2D eigenvalue weighted by molar-refractivity contribution is 6.34. The molecule has 0 amide bonds. The molecule has 68 valence electrons. The summed E-state index contributed by atoms with van der Waals surface area (Å²) in [4.78, 5) is 3.12. The lowest BCUT2D eigenvalue weighted by molar-refractivity contribution is 0.298. The average Bonchev–Trinajstić information content (AvgIpc) is 2.12. The molecule has 13 heavy (non-hydrogen) atoms. The maximum atomic E-state index is 13.1. The SMILES string of the molecule is [C-]#[N+]c1ccc(F)c(CCO)c1Cl. The standard InChI is InChI=1S/C9H7ClFNO/c1-12-8-3-2-7(11)6(4-5-13)9(8)10/h2-3,13H,4-5H2. The van der Waals surface area contributed by atoms with Crippen LogP contribution in [-0.2, 0) is 6.42 Å². The van der Waals surface area contributed by atoms with Crippen LogP contribution in [0.5, 0.6) is 0 Å². The molecule has 0 aliphatic heterocycles. The Morgan fingerprint density at radius 3 is 2.77 bits per heavy atom. The third-order valence-electron chi connectivity index (χ3n) is 1.65. The van der Waals surface area contributed by atoms with Crippen molar-refractivity contribution in [2.75, 3.05) is 6.61 Å². The number of benzene rings is 1. The molecule has 0 unspecified atom stereocenters. The maximum Gasteiger partial charge on any atom is 0.205 e. The molecule has 0 saturated heterocycles. The van der Waals surface area contributed by atoms with Crippen molar-refractivity contribution in [3.8, 4) is 0 Å². The van der Waals surface area contributed by atoms with Crippen LogP contribution < -0.4 is 0 Å². The molecule has 0 aliphatic carbocycles. The second kappa shape index (κ2) is 4.22. The molecule has 0 saturated carbocycles. The summed E-state index contributed by atoms with van der Waals surface area (Å²) < 4.78 is 13.1. The fourth-order valence-electron chi connectivity index (χ4n) is 1.01. The summed E-state index contributed by atoms with van der Waals surface area (Å²) in [6, 6.07) is 2.51. The minimum absolute atomic E-state index is 0.101. The van der Waals surface area contributed by atoms with E-state index in [9.17, 15) is 4.39 Å². The van der Waals surface area contributed by atoms with E-state index >= 15 is 0 Å². The molecule has 2 nitrogen and oxygen atoms in total. The third kappa shape index (κ3) is 1.97. The fraction of sp³-hybridized carbons (Fsp3) is 0.222. The van der Waals surface area contributed by atoms with Crippen molar-refractivity contribution < 1.29 is 9.50 Å². The van der Waals surface area contributed by atoms with Gasteiger partial charge in [-0.05, 0) is 18.1 Å². The van der Waals surface area contributed by atoms with Gasteiger partial charge in [-0.25, -0.2) is 9.24 Å². The molecular weight excluding hydrogens is 193 g/mol. The van der Waals surface area contributed by atoms with Crippen molar-refractivity contribution in [3.05, 3.63) is 40.0 Å². The Morgan fingerprint density at radius 2 is 2.23 bits per heavy atom. The summed E-state index contributed by atoms with van der Waals surface area (Å²) in [5, 5.41) is 8.73. The highest BCUT2D eigenvalue weighted by atomic mass is 35.5. The number of hydrogen-bond donors (Lipinski definition) is 1. The number of halogens is 2. The molecule has 0 aromatic heterocycles. The number of aliphatic hydroxyl groups is 1. The van der Waals surface area contributed by atoms with Gasteiger partial charge in [0.05, 0.1) is 11.6 Å². The number of hydrogen-bond acceptors (Lipinski definition) is 1. The Hall–Kier alpha value is -1.11. The van der Waals surface area contributed by atoms with Crippen molar-refractivity contribution in [1.29, 1.82) is 0 Å². The Morgan fingerprint density at radius 1 is 1.54 bits per heavy atom. The normalized spacial score (nSPS) is 9.69. The Bertz CT molecular complexity index is 359. The molecule has 4 heteroatoms. The summed E-state index contributed by atoms with van der Waals surface area (Å²) in [5.74, 6) is -0.480. The van der Waals surface area contributed by atoms with E-state index in [1.54, 1.807) is 0 Å². The van der Waals surface area contributed by atoms with E-state index in [-0.39, 0.29) is 29.3 Å². The van der Waals surface area contributed by atoms with Crippen LogP contribution in [-0.4, -0.2) is 11.7 Å². The average molecular weight is 200 g/mol. The fourth-order valence-corrected chi connectivity index (χ4v) is 1.30. The number of aliphatic hydroxyl groups excluding tert-OH is 1. The van der Waals surface area contributed by atoms with E-state index in [2.05, 4.69) is 4.85 Å². The first kappa shape index (κ1) is 9.97. The van der Waals surface area contributed by atoms with Crippen molar-refractivity contribution in [1.82, 2.24) is 0 Å². The lowest BCUT2D eigenvalue weighted by atomic mass is 10.1. The van der Waals surface area contributed by atoms with Crippen LogP contribution in [0.2, 0.25) is 5.02 Å². The molecule has 0 radical (unpaired) electrons. The van der Waals surface area contributed by atoms with E-state index in [1.165, 1.54) is 12.1 Å². The van der Waals surface area contributed by atoms with E-state index in [4.69, 9.17) is 23.3 Å². The van der Waals surface area contributed by atoms with Gasteiger partial charge in [0.15, 0.2) is 0 Å². The van der Waals surface area contributed by atoms with E-state index in [0.717, 1.165) is 0 Å². The first-order valence-electron chi connectivity index (χ1n) is 3.66. The van der Waals surface area contributed by atoms with Gasteiger partial charge in [0.1, 0.15) is 5.82 Å². The van der Waals surface area contributed by atoms with Crippen LogP contribution in [0.1, 0.15) is 5.56 Å². The summed E-state index contributed by atoms with van der Waals surface area (Å²) in [5.41, 5.74) is 0.421. The molecule has 1 rings (SSSR count). The smallest absolute Gasteiger partial charge is 0.205 e. The summed E-state index contributed by atoms with van der Waals surface area (Å²) in [7, 11) is 0. The highest BCUT2D eigenvalue weighted by Crippen LogP contribution is 2.30. The highest BCUT2D eigenvalue weighted by Gasteiger charge is 2.10.